The van der Waals surface area contributed by atoms with Gasteiger partial charge in [-0.25, -0.2) is 8.78 Å². The zero-order valence-electron chi connectivity index (χ0n) is 18.5. The molecule has 2 aromatic rings. The molecule has 0 unspecified atom stereocenters. The Balaban J connectivity index is 1.36. The minimum Gasteiger partial charge on any atom is -0.389 e. The third kappa shape index (κ3) is 6.35. The molecule has 2 aromatic carbocycles. The van der Waals surface area contributed by atoms with E-state index in [0.717, 1.165) is 6.42 Å². The maximum Gasteiger partial charge on any atom is 0.222 e. The molecule has 2 aliphatic rings. The molecule has 0 aliphatic carbocycles. The maximum absolute atomic E-state index is 14.3. The molecule has 0 bridgehead atoms. The number of carbonyl (C=O) groups is 1. The van der Waals surface area contributed by atoms with Gasteiger partial charge in [0.15, 0.2) is 0 Å². The van der Waals surface area contributed by atoms with Crippen LogP contribution in [0.15, 0.2) is 48.5 Å². The van der Waals surface area contributed by atoms with Gasteiger partial charge in [0.05, 0.1) is 37.9 Å². The van der Waals surface area contributed by atoms with Crippen molar-refractivity contribution in [2.75, 3.05) is 19.8 Å². The van der Waals surface area contributed by atoms with Crippen LogP contribution in [-0.4, -0.2) is 60.0 Å². The van der Waals surface area contributed by atoms with E-state index < -0.39 is 6.10 Å². The number of ether oxygens (including phenoxy) is 2. The van der Waals surface area contributed by atoms with Crippen molar-refractivity contribution in [3.05, 3.63) is 71.3 Å². The average molecular weight is 461 g/mol. The first-order chi connectivity index (χ1) is 16.0. The summed E-state index contributed by atoms with van der Waals surface area (Å²) >= 11 is 0. The van der Waals surface area contributed by atoms with Crippen LogP contribution < -0.4 is 5.32 Å². The third-order valence-corrected chi connectivity index (χ3v) is 6.27. The molecule has 1 amide bonds. The first kappa shape index (κ1) is 23.8. The van der Waals surface area contributed by atoms with Crippen LogP contribution in [0.1, 0.15) is 30.4 Å². The fourth-order valence-electron chi connectivity index (χ4n) is 4.59. The highest BCUT2D eigenvalue weighted by Crippen LogP contribution is 2.29. The number of rotatable bonds is 6. The van der Waals surface area contributed by atoms with Gasteiger partial charge in [-0.2, -0.15) is 0 Å². The minimum atomic E-state index is -0.667. The van der Waals surface area contributed by atoms with Gasteiger partial charge in [0, 0.05) is 36.8 Å². The Morgan fingerprint density at radius 3 is 2.45 bits per heavy atom. The van der Waals surface area contributed by atoms with E-state index in [1.54, 1.807) is 36.4 Å². The van der Waals surface area contributed by atoms with Gasteiger partial charge < -0.3 is 19.9 Å². The summed E-state index contributed by atoms with van der Waals surface area (Å²) in [6.45, 7) is 1.31. The van der Waals surface area contributed by atoms with Gasteiger partial charge >= 0.3 is 0 Å². The number of hydrogen-bond donors (Lipinski definition) is 2. The highest BCUT2D eigenvalue weighted by atomic mass is 19.1. The summed E-state index contributed by atoms with van der Waals surface area (Å²) < 4.78 is 39.9. The molecule has 178 valence electrons. The number of benzene rings is 2. The molecule has 2 saturated heterocycles. The van der Waals surface area contributed by atoms with Gasteiger partial charge in [0.25, 0.3) is 0 Å². The predicted octanol–water partition coefficient (Wildman–Crippen LogP) is 2.78. The molecular formula is C25H30F2N2O4. The second-order valence-electron chi connectivity index (χ2n) is 8.73. The number of aliphatic hydroxyl groups is 1. The number of nitrogens with zero attached hydrogens (tertiary/aromatic N) is 1. The number of amides is 1. The summed E-state index contributed by atoms with van der Waals surface area (Å²) in [5, 5.41) is 13.0. The molecule has 0 aromatic heterocycles. The molecule has 6 nitrogen and oxygen atoms in total. The van der Waals surface area contributed by atoms with Crippen molar-refractivity contribution < 1.29 is 28.2 Å². The van der Waals surface area contributed by atoms with E-state index in [2.05, 4.69) is 10.2 Å². The van der Waals surface area contributed by atoms with Crippen LogP contribution in [0.25, 0.3) is 0 Å². The molecule has 4 atom stereocenters. The first-order valence-electron chi connectivity index (χ1n) is 11.4. The molecule has 0 radical (unpaired) electrons. The van der Waals surface area contributed by atoms with Crippen molar-refractivity contribution in [3.63, 3.8) is 0 Å². The summed E-state index contributed by atoms with van der Waals surface area (Å²) in [5.41, 5.74) is 1.01. The number of carbonyl (C=O) groups excluding carboxylic acids is 1. The van der Waals surface area contributed by atoms with Gasteiger partial charge in [-0.05, 0) is 25.0 Å². The summed E-state index contributed by atoms with van der Waals surface area (Å²) in [6.07, 6.45) is 0.323. The Bertz CT molecular complexity index is 944. The number of aliphatic hydroxyl groups excluding tert-OH is 1. The lowest BCUT2D eigenvalue weighted by Crippen LogP contribution is -2.55. The second kappa shape index (κ2) is 11.2. The SMILES string of the molecule is O=C(C[C@@H]1CC[C@@H]2[C@H](COC[C@H](O)CN2Cc2ccccc2F)O1)NCc1ccccc1F. The molecule has 33 heavy (non-hydrogen) atoms. The Hall–Kier alpha value is -2.39. The van der Waals surface area contributed by atoms with Crippen LogP contribution in [-0.2, 0) is 27.4 Å². The van der Waals surface area contributed by atoms with Crippen LogP contribution in [0.3, 0.4) is 0 Å². The Morgan fingerprint density at radius 1 is 1.03 bits per heavy atom. The lowest BCUT2D eigenvalue weighted by atomic mass is 9.94. The van der Waals surface area contributed by atoms with Crippen LogP contribution in [0.5, 0.6) is 0 Å². The normalized spacial score (nSPS) is 26.2. The van der Waals surface area contributed by atoms with Crippen LogP contribution in [0, 0.1) is 11.6 Å². The van der Waals surface area contributed by atoms with Crippen LogP contribution >= 0.6 is 0 Å². The molecule has 2 heterocycles. The molecule has 8 heteroatoms. The third-order valence-electron chi connectivity index (χ3n) is 6.27. The Labute approximate surface area is 192 Å². The van der Waals surface area contributed by atoms with Crippen molar-refractivity contribution in [2.24, 2.45) is 0 Å². The number of fused-ring (bicyclic) bond motifs is 1. The van der Waals surface area contributed by atoms with Gasteiger partial charge in [-0.15, -0.1) is 0 Å². The van der Waals surface area contributed by atoms with E-state index in [4.69, 9.17) is 9.47 Å². The van der Waals surface area contributed by atoms with Crippen LogP contribution in [0.4, 0.5) is 8.78 Å². The second-order valence-corrected chi connectivity index (χ2v) is 8.73. The quantitative estimate of drug-likeness (QED) is 0.694. The standard InChI is InChI=1S/C25H30F2N2O4/c26-21-7-3-1-5-17(21)12-28-25(31)11-20-9-10-23-24(33-20)16-32-15-19(30)14-29(23)13-18-6-2-4-8-22(18)27/h1-8,19-20,23-24,30H,9-16H2,(H,28,31)/t19-,20+,23-,24+/m1/s1. The average Bonchev–Trinajstić information content (AvgIpc) is 2.79. The van der Waals surface area contributed by atoms with Crippen molar-refractivity contribution in [1.29, 1.82) is 0 Å². The van der Waals surface area contributed by atoms with E-state index >= 15 is 0 Å². The molecule has 4 rings (SSSR count). The van der Waals surface area contributed by atoms with Gasteiger partial charge in [0.2, 0.25) is 5.91 Å². The molecule has 2 aliphatic heterocycles. The summed E-state index contributed by atoms with van der Waals surface area (Å²) in [4.78, 5) is 14.5. The Morgan fingerprint density at radius 2 is 1.73 bits per heavy atom. The zero-order valence-corrected chi connectivity index (χ0v) is 18.5. The van der Waals surface area contributed by atoms with Gasteiger partial charge in [0.1, 0.15) is 11.6 Å². The van der Waals surface area contributed by atoms with Crippen molar-refractivity contribution in [1.82, 2.24) is 10.2 Å². The highest BCUT2D eigenvalue weighted by molar-refractivity contribution is 5.76. The summed E-state index contributed by atoms with van der Waals surface area (Å²) in [5.74, 6) is -0.826. The molecule has 0 saturated carbocycles. The Kier molecular flexibility index (Phi) is 8.03. The van der Waals surface area contributed by atoms with E-state index in [1.165, 1.54) is 12.1 Å². The first-order valence-corrected chi connectivity index (χ1v) is 11.4. The smallest absolute Gasteiger partial charge is 0.222 e. The lowest BCUT2D eigenvalue weighted by molar-refractivity contribution is -0.158. The van der Waals surface area contributed by atoms with E-state index in [9.17, 15) is 18.7 Å². The number of β-amino-alcohol motifs (C(OH)–C–C–N with tert-alkyl or cyclic N) is 1. The van der Waals surface area contributed by atoms with Crippen molar-refractivity contribution in [2.45, 2.75) is 56.7 Å². The fourth-order valence-corrected chi connectivity index (χ4v) is 4.59. The maximum atomic E-state index is 14.3. The van der Waals surface area contributed by atoms with Crippen molar-refractivity contribution in [3.8, 4) is 0 Å². The lowest BCUT2D eigenvalue weighted by Gasteiger charge is -2.44. The van der Waals surface area contributed by atoms with Gasteiger partial charge in [-0.3, -0.25) is 9.69 Å². The largest absolute Gasteiger partial charge is 0.389 e. The molecular weight excluding hydrogens is 430 g/mol. The molecule has 2 fully saturated rings. The monoisotopic (exact) mass is 460 g/mol. The predicted molar refractivity (Wildman–Crippen MR) is 118 cm³/mol. The summed E-state index contributed by atoms with van der Waals surface area (Å²) in [7, 11) is 0. The molecule has 2 N–H and O–H groups in total. The number of nitrogens with one attached hydrogen (secondary N) is 1. The zero-order chi connectivity index (χ0) is 23.2. The highest BCUT2D eigenvalue weighted by Gasteiger charge is 2.38. The topological polar surface area (TPSA) is 71.0 Å². The number of halogens is 2. The fraction of sp³-hybridized carbons (Fsp3) is 0.480. The minimum absolute atomic E-state index is 0.0581. The van der Waals surface area contributed by atoms with E-state index in [0.29, 0.717) is 37.2 Å². The van der Waals surface area contributed by atoms with Crippen molar-refractivity contribution >= 4 is 5.91 Å². The van der Waals surface area contributed by atoms with Crippen LogP contribution in [0.2, 0.25) is 0 Å². The molecule has 0 spiro atoms. The van der Waals surface area contributed by atoms with E-state index in [-0.39, 0.29) is 55.4 Å². The number of hydrogen-bond acceptors (Lipinski definition) is 5. The summed E-state index contributed by atoms with van der Waals surface area (Å²) in [6, 6.07) is 12.9. The van der Waals surface area contributed by atoms with E-state index in [1.807, 2.05) is 0 Å². The van der Waals surface area contributed by atoms with Gasteiger partial charge in [-0.1, -0.05) is 36.4 Å².